The van der Waals surface area contributed by atoms with Crippen LogP contribution in [-0.4, -0.2) is 50.9 Å². The Labute approximate surface area is 207 Å². The first-order valence-electron chi connectivity index (χ1n) is 10.5. The highest BCUT2D eigenvalue weighted by molar-refractivity contribution is 14.0. The third kappa shape index (κ3) is 7.50. The van der Waals surface area contributed by atoms with Gasteiger partial charge in [0, 0.05) is 37.9 Å². The van der Waals surface area contributed by atoms with Gasteiger partial charge in [-0.25, -0.2) is 4.98 Å². The number of nitrogens with zero attached hydrogens (tertiary/aromatic N) is 2. The third-order valence-corrected chi connectivity index (χ3v) is 5.75. The van der Waals surface area contributed by atoms with Gasteiger partial charge < -0.3 is 20.1 Å². The second kappa shape index (κ2) is 13.1. The van der Waals surface area contributed by atoms with Gasteiger partial charge in [-0.2, -0.15) is 0 Å². The van der Waals surface area contributed by atoms with Gasteiger partial charge in [-0.3, -0.25) is 4.99 Å². The number of ether oxygens (including phenoxy) is 2. The Morgan fingerprint density at radius 2 is 1.90 bits per heavy atom. The molecule has 31 heavy (non-hydrogen) atoms. The second-order valence-corrected chi connectivity index (χ2v) is 7.87. The predicted molar refractivity (Wildman–Crippen MR) is 137 cm³/mol. The highest BCUT2D eigenvalue weighted by Gasteiger charge is 2.34. The molecule has 1 aromatic heterocycles. The SMILES string of the molecule is CCNC(=NCC1(c2ccc(OC)cc2)CCOCC1)NCCc1ccc(Cl)nc1.I. The van der Waals surface area contributed by atoms with Crippen molar-refractivity contribution in [2.24, 2.45) is 4.99 Å². The zero-order valence-corrected chi connectivity index (χ0v) is 21.3. The minimum atomic E-state index is -0.0209. The zero-order chi connectivity index (χ0) is 21.2. The molecule has 1 aliphatic rings. The Morgan fingerprint density at radius 3 is 2.52 bits per heavy atom. The molecule has 170 valence electrons. The molecule has 8 heteroatoms. The summed E-state index contributed by atoms with van der Waals surface area (Å²) in [7, 11) is 1.69. The minimum Gasteiger partial charge on any atom is -0.497 e. The van der Waals surface area contributed by atoms with Crippen LogP contribution >= 0.6 is 35.6 Å². The molecule has 2 heterocycles. The molecule has 2 aromatic rings. The Kier molecular flexibility index (Phi) is 10.8. The summed E-state index contributed by atoms with van der Waals surface area (Å²) in [5, 5.41) is 7.31. The molecule has 0 saturated carbocycles. The van der Waals surface area contributed by atoms with E-state index < -0.39 is 0 Å². The zero-order valence-electron chi connectivity index (χ0n) is 18.2. The highest BCUT2D eigenvalue weighted by Crippen LogP contribution is 2.36. The van der Waals surface area contributed by atoms with Gasteiger partial charge >= 0.3 is 0 Å². The number of nitrogens with one attached hydrogen (secondary N) is 2. The first-order valence-corrected chi connectivity index (χ1v) is 10.9. The van der Waals surface area contributed by atoms with Crippen LogP contribution in [0.2, 0.25) is 5.15 Å². The summed E-state index contributed by atoms with van der Waals surface area (Å²) >= 11 is 5.86. The van der Waals surface area contributed by atoms with Gasteiger partial charge in [-0.1, -0.05) is 29.8 Å². The predicted octanol–water partition coefficient (Wildman–Crippen LogP) is 4.21. The van der Waals surface area contributed by atoms with Crippen molar-refractivity contribution in [2.75, 3.05) is 40.0 Å². The van der Waals surface area contributed by atoms with Crippen molar-refractivity contribution >= 4 is 41.5 Å². The second-order valence-electron chi connectivity index (χ2n) is 7.48. The molecule has 6 nitrogen and oxygen atoms in total. The van der Waals surface area contributed by atoms with Crippen molar-refractivity contribution in [1.82, 2.24) is 15.6 Å². The Morgan fingerprint density at radius 1 is 1.16 bits per heavy atom. The van der Waals surface area contributed by atoms with Crippen molar-refractivity contribution in [3.63, 3.8) is 0 Å². The molecule has 1 aliphatic heterocycles. The molecule has 0 unspecified atom stereocenters. The van der Waals surface area contributed by atoms with E-state index in [9.17, 15) is 0 Å². The van der Waals surface area contributed by atoms with Crippen LogP contribution in [0.4, 0.5) is 0 Å². The Balaban J connectivity index is 0.00000341. The monoisotopic (exact) mass is 558 g/mol. The number of halogens is 2. The van der Waals surface area contributed by atoms with E-state index in [-0.39, 0.29) is 29.4 Å². The Hall–Kier alpha value is -1.58. The number of hydrogen-bond acceptors (Lipinski definition) is 4. The number of aromatic nitrogens is 1. The summed E-state index contributed by atoms with van der Waals surface area (Å²) < 4.78 is 11.0. The minimum absolute atomic E-state index is 0. The molecule has 0 bridgehead atoms. The fourth-order valence-electron chi connectivity index (χ4n) is 3.70. The van der Waals surface area contributed by atoms with E-state index in [2.05, 4.69) is 34.7 Å². The summed E-state index contributed by atoms with van der Waals surface area (Å²) in [4.78, 5) is 9.08. The van der Waals surface area contributed by atoms with Gasteiger partial charge in [-0.05, 0) is 55.5 Å². The maximum atomic E-state index is 5.86. The third-order valence-electron chi connectivity index (χ3n) is 5.53. The topological polar surface area (TPSA) is 67.8 Å². The number of aliphatic imine (C=N–C) groups is 1. The van der Waals surface area contributed by atoms with E-state index in [0.29, 0.717) is 11.7 Å². The molecule has 0 spiro atoms. The van der Waals surface area contributed by atoms with Crippen LogP contribution in [0.1, 0.15) is 30.9 Å². The summed E-state index contributed by atoms with van der Waals surface area (Å²) in [6.45, 7) is 5.89. The van der Waals surface area contributed by atoms with E-state index in [1.165, 1.54) is 5.56 Å². The van der Waals surface area contributed by atoms with Gasteiger partial charge in [0.25, 0.3) is 0 Å². The largest absolute Gasteiger partial charge is 0.497 e. The van der Waals surface area contributed by atoms with Gasteiger partial charge in [-0.15, -0.1) is 24.0 Å². The number of methoxy groups -OCH3 is 1. The molecule has 0 amide bonds. The summed E-state index contributed by atoms with van der Waals surface area (Å²) in [5.41, 5.74) is 2.41. The van der Waals surface area contributed by atoms with Gasteiger partial charge in [0.05, 0.1) is 13.7 Å². The van der Waals surface area contributed by atoms with Crippen molar-refractivity contribution in [2.45, 2.75) is 31.6 Å². The number of hydrogen-bond donors (Lipinski definition) is 2. The summed E-state index contributed by atoms with van der Waals surface area (Å²) in [6, 6.07) is 12.2. The molecular formula is C23H32ClIN4O2. The van der Waals surface area contributed by atoms with Crippen LogP contribution in [0.15, 0.2) is 47.6 Å². The maximum absolute atomic E-state index is 5.86. The fourth-order valence-corrected chi connectivity index (χ4v) is 3.81. The highest BCUT2D eigenvalue weighted by atomic mass is 127. The molecule has 3 rings (SSSR count). The lowest BCUT2D eigenvalue weighted by atomic mass is 9.74. The first-order chi connectivity index (χ1) is 14.6. The summed E-state index contributed by atoms with van der Waals surface area (Å²) in [6.07, 6.45) is 4.58. The molecule has 2 N–H and O–H groups in total. The number of pyridine rings is 1. The van der Waals surface area contributed by atoms with Crippen LogP contribution in [0.5, 0.6) is 5.75 Å². The molecule has 1 aromatic carbocycles. The van der Waals surface area contributed by atoms with Crippen molar-refractivity contribution in [3.8, 4) is 5.75 Å². The number of guanidine groups is 1. The van der Waals surface area contributed by atoms with Gasteiger partial charge in [0.2, 0.25) is 0 Å². The molecule has 1 fully saturated rings. The number of benzene rings is 1. The van der Waals surface area contributed by atoms with Gasteiger partial charge in [0.15, 0.2) is 5.96 Å². The maximum Gasteiger partial charge on any atom is 0.191 e. The van der Waals surface area contributed by atoms with Crippen LogP contribution in [-0.2, 0) is 16.6 Å². The average Bonchev–Trinajstić information content (AvgIpc) is 2.79. The molecular weight excluding hydrogens is 527 g/mol. The van der Waals surface area contributed by atoms with Crippen LogP contribution in [0.25, 0.3) is 0 Å². The van der Waals surface area contributed by atoms with Gasteiger partial charge in [0.1, 0.15) is 10.9 Å². The fraction of sp³-hybridized carbons (Fsp3) is 0.478. The quantitative estimate of drug-likeness (QED) is 0.220. The molecule has 0 aliphatic carbocycles. The van der Waals surface area contributed by atoms with E-state index >= 15 is 0 Å². The lowest BCUT2D eigenvalue weighted by Gasteiger charge is -2.36. The smallest absolute Gasteiger partial charge is 0.191 e. The van der Waals surface area contributed by atoms with Crippen LogP contribution < -0.4 is 15.4 Å². The van der Waals surface area contributed by atoms with E-state index in [0.717, 1.165) is 62.8 Å². The molecule has 0 atom stereocenters. The lowest BCUT2D eigenvalue weighted by Crippen LogP contribution is -2.41. The Bertz CT molecular complexity index is 809. The number of rotatable bonds is 8. The first kappa shape index (κ1) is 25.7. The van der Waals surface area contributed by atoms with E-state index in [1.807, 2.05) is 30.5 Å². The van der Waals surface area contributed by atoms with Crippen molar-refractivity contribution in [1.29, 1.82) is 0 Å². The van der Waals surface area contributed by atoms with Crippen LogP contribution in [0.3, 0.4) is 0 Å². The molecule has 1 saturated heterocycles. The van der Waals surface area contributed by atoms with Crippen molar-refractivity contribution in [3.05, 3.63) is 58.9 Å². The van der Waals surface area contributed by atoms with E-state index in [1.54, 1.807) is 7.11 Å². The lowest BCUT2D eigenvalue weighted by molar-refractivity contribution is 0.0531. The average molecular weight is 559 g/mol. The molecule has 0 radical (unpaired) electrons. The van der Waals surface area contributed by atoms with Crippen molar-refractivity contribution < 1.29 is 9.47 Å². The van der Waals surface area contributed by atoms with Crippen LogP contribution in [0, 0.1) is 0 Å². The normalized spacial score (nSPS) is 15.6. The summed E-state index contributed by atoms with van der Waals surface area (Å²) in [5.74, 6) is 1.70. The standard InChI is InChI=1S/C23H31ClN4O2.HI/c1-3-25-22(26-13-10-18-4-9-21(24)27-16-18)28-17-23(11-14-30-15-12-23)19-5-7-20(29-2)8-6-19;/h4-9,16H,3,10-15,17H2,1-2H3,(H2,25,26,28);1H. The van der Waals surface area contributed by atoms with E-state index in [4.69, 9.17) is 26.1 Å².